The van der Waals surface area contributed by atoms with Gasteiger partial charge in [-0.05, 0) is 6.92 Å². The number of rotatable bonds is 5. The van der Waals surface area contributed by atoms with E-state index in [4.69, 9.17) is 5.73 Å². The molecule has 1 fully saturated rings. The van der Waals surface area contributed by atoms with Gasteiger partial charge in [-0.15, -0.1) is 33.3 Å². The number of aliphatic carboxylic acids is 1. The number of carboxylic acid groups (broad SMARTS) is 1. The van der Waals surface area contributed by atoms with Crippen molar-refractivity contribution >= 4 is 62.9 Å². The van der Waals surface area contributed by atoms with Crippen molar-refractivity contribution in [3.05, 3.63) is 26.8 Å². The molecule has 10 nitrogen and oxygen atoms in total. The molecular weight excluding hydrogens is 447 g/mol. The molecule has 0 bridgehead atoms. The summed E-state index contributed by atoms with van der Waals surface area (Å²) in [5.74, 6) is -2.01. The Balaban J connectivity index is 0.00000240. The standard InChI is InChI=1S/C15H14N6O4S3.Na/c1-5-19-20-11(28-5)7-4-26-13-9(12(23)21(13)10(7)14(24)25)18-8(22)2-6-3-27-15(16)17-6;/h3,9,13H,2,4H2,1H3,(H2,16,17)(H,18,22)(H,24,25);/q;+1/p-1/t9?,13-;/m1./s1. The Morgan fingerprint density at radius 1 is 1.41 bits per heavy atom. The first-order valence-electron chi connectivity index (χ1n) is 8.04. The first kappa shape index (κ1) is 22.2. The Morgan fingerprint density at radius 3 is 2.76 bits per heavy atom. The number of nitrogens with two attached hydrogens (primary N) is 1. The van der Waals surface area contributed by atoms with Crippen molar-refractivity contribution < 1.29 is 49.0 Å². The second kappa shape index (κ2) is 8.70. The van der Waals surface area contributed by atoms with E-state index in [0.29, 0.717) is 32.2 Å². The summed E-state index contributed by atoms with van der Waals surface area (Å²) in [5.41, 5.74) is 6.26. The minimum atomic E-state index is -1.45. The van der Waals surface area contributed by atoms with Gasteiger partial charge in [-0.25, -0.2) is 4.98 Å². The van der Waals surface area contributed by atoms with Gasteiger partial charge in [0.1, 0.15) is 21.4 Å². The second-order valence-corrected chi connectivity index (χ2v) is 9.23. The molecule has 2 atom stereocenters. The van der Waals surface area contributed by atoms with Crippen molar-refractivity contribution in [1.82, 2.24) is 25.4 Å². The molecule has 1 saturated heterocycles. The van der Waals surface area contributed by atoms with Crippen LogP contribution in [0.1, 0.15) is 15.7 Å². The van der Waals surface area contributed by atoms with E-state index in [1.165, 1.54) is 34.4 Å². The van der Waals surface area contributed by atoms with Crippen molar-refractivity contribution in [1.29, 1.82) is 0 Å². The largest absolute Gasteiger partial charge is 1.00 e. The predicted molar refractivity (Wildman–Crippen MR) is 102 cm³/mol. The molecule has 4 heterocycles. The quantitative estimate of drug-likeness (QED) is 0.335. The Morgan fingerprint density at radius 2 is 2.17 bits per heavy atom. The molecule has 29 heavy (non-hydrogen) atoms. The van der Waals surface area contributed by atoms with Gasteiger partial charge >= 0.3 is 29.6 Å². The fourth-order valence-corrected chi connectivity index (χ4v) is 5.72. The van der Waals surface area contributed by atoms with Gasteiger partial charge in [0, 0.05) is 16.7 Å². The summed E-state index contributed by atoms with van der Waals surface area (Å²) in [6, 6.07) is -0.805. The van der Waals surface area contributed by atoms with Gasteiger partial charge in [0.15, 0.2) is 5.13 Å². The van der Waals surface area contributed by atoms with Gasteiger partial charge in [0.05, 0.1) is 23.8 Å². The zero-order chi connectivity index (χ0) is 20.0. The summed E-state index contributed by atoms with van der Waals surface area (Å²) in [7, 11) is 0. The molecule has 14 heteroatoms. The number of hydrogen-bond donors (Lipinski definition) is 2. The fourth-order valence-electron chi connectivity index (χ4n) is 2.98. The zero-order valence-corrected chi connectivity index (χ0v) is 19.8. The number of nitrogens with one attached hydrogen (secondary N) is 1. The van der Waals surface area contributed by atoms with Gasteiger partial charge in [0.2, 0.25) is 5.91 Å². The number of hydrogen-bond acceptors (Lipinski definition) is 11. The first-order chi connectivity index (χ1) is 13.3. The molecule has 0 aliphatic carbocycles. The van der Waals surface area contributed by atoms with Gasteiger partial charge in [-0.2, -0.15) is 0 Å². The van der Waals surface area contributed by atoms with Crippen molar-refractivity contribution in [2.24, 2.45) is 0 Å². The van der Waals surface area contributed by atoms with E-state index in [1.54, 1.807) is 12.3 Å². The summed E-state index contributed by atoms with van der Waals surface area (Å²) in [4.78, 5) is 41.7. The average molecular weight is 460 g/mol. The molecule has 3 N–H and O–H groups in total. The smallest absolute Gasteiger partial charge is 0.543 e. The summed E-state index contributed by atoms with van der Waals surface area (Å²) < 4.78 is 0. The Bertz CT molecular complexity index is 1020. The SMILES string of the molecule is Cc1nnc(C2=C(C(=O)[O-])N3C(=O)C(NC(=O)Cc4csc(N)n4)[C@H]3SC2)s1.[Na+]. The summed E-state index contributed by atoms with van der Waals surface area (Å²) in [5, 5.41) is 24.9. The van der Waals surface area contributed by atoms with E-state index in [2.05, 4.69) is 20.5 Å². The van der Waals surface area contributed by atoms with E-state index in [0.717, 1.165) is 4.90 Å². The molecule has 146 valence electrons. The molecule has 0 radical (unpaired) electrons. The minimum Gasteiger partial charge on any atom is -0.543 e. The van der Waals surface area contributed by atoms with E-state index >= 15 is 0 Å². The molecule has 2 aliphatic heterocycles. The molecule has 0 saturated carbocycles. The molecule has 4 rings (SSSR count). The molecule has 0 aromatic carbocycles. The van der Waals surface area contributed by atoms with Crippen LogP contribution in [-0.4, -0.2) is 55.0 Å². The van der Waals surface area contributed by atoms with Crippen LogP contribution in [0.4, 0.5) is 5.13 Å². The monoisotopic (exact) mass is 460 g/mol. The maximum absolute atomic E-state index is 12.6. The number of β-lactam (4-membered cyclic amide) rings is 1. The van der Waals surface area contributed by atoms with Crippen LogP contribution < -0.4 is 45.7 Å². The molecule has 0 spiro atoms. The zero-order valence-electron chi connectivity index (χ0n) is 15.4. The number of carbonyl (C=O) groups is 3. The van der Waals surface area contributed by atoms with Crippen LogP contribution in [0, 0.1) is 6.92 Å². The number of thioether (sulfide) groups is 1. The van der Waals surface area contributed by atoms with E-state index < -0.39 is 23.3 Å². The predicted octanol–water partition coefficient (Wildman–Crippen LogP) is -4.01. The third kappa shape index (κ3) is 4.20. The van der Waals surface area contributed by atoms with Gasteiger partial charge in [0.25, 0.3) is 5.91 Å². The van der Waals surface area contributed by atoms with Crippen LogP contribution in [0.25, 0.3) is 5.57 Å². The molecule has 2 aromatic rings. The minimum absolute atomic E-state index is 0. The molecule has 2 aliphatic rings. The first-order valence-corrected chi connectivity index (χ1v) is 10.8. The summed E-state index contributed by atoms with van der Waals surface area (Å²) >= 11 is 3.83. The van der Waals surface area contributed by atoms with Crippen molar-refractivity contribution in [3.8, 4) is 0 Å². The van der Waals surface area contributed by atoms with E-state index in [1.807, 2.05) is 0 Å². The third-order valence-electron chi connectivity index (χ3n) is 4.17. The number of nitrogens with zero attached hydrogens (tertiary/aromatic N) is 4. The Hall–Kier alpha value is -1.51. The third-order valence-corrected chi connectivity index (χ3v) is 7.07. The number of aryl methyl sites for hydroxylation is 1. The van der Waals surface area contributed by atoms with Crippen LogP contribution in [-0.2, 0) is 20.8 Å². The van der Waals surface area contributed by atoms with Crippen molar-refractivity contribution in [2.45, 2.75) is 24.8 Å². The number of amides is 2. The maximum Gasteiger partial charge on any atom is 1.00 e. The fraction of sp³-hybridized carbons (Fsp3) is 0.333. The number of aromatic nitrogens is 3. The Kier molecular flexibility index (Phi) is 6.65. The number of carboxylic acids is 1. The molecule has 1 unspecified atom stereocenters. The van der Waals surface area contributed by atoms with E-state index in [9.17, 15) is 19.5 Å². The Labute approximate surface area is 199 Å². The topological polar surface area (TPSA) is 154 Å². The van der Waals surface area contributed by atoms with Gasteiger partial charge in [-0.1, -0.05) is 11.3 Å². The molecule has 2 aromatic heterocycles. The van der Waals surface area contributed by atoms with Crippen LogP contribution in [0.15, 0.2) is 11.1 Å². The molecule has 2 amide bonds. The normalized spacial score (nSPS) is 20.6. The number of thiazole rings is 1. The van der Waals surface area contributed by atoms with Crippen molar-refractivity contribution in [3.63, 3.8) is 0 Å². The van der Waals surface area contributed by atoms with Crippen LogP contribution in [0.2, 0.25) is 0 Å². The van der Waals surface area contributed by atoms with Crippen LogP contribution in [0.3, 0.4) is 0 Å². The number of anilines is 1. The summed E-state index contributed by atoms with van der Waals surface area (Å²) in [6.45, 7) is 1.76. The van der Waals surface area contributed by atoms with E-state index in [-0.39, 0.29) is 47.6 Å². The van der Waals surface area contributed by atoms with Crippen LogP contribution >= 0.6 is 34.4 Å². The van der Waals surface area contributed by atoms with Crippen molar-refractivity contribution in [2.75, 3.05) is 11.5 Å². The number of fused-ring (bicyclic) bond motifs is 1. The number of nitrogen functional groups attached to an aromatic ring is 1. The maximum atomic E-state index is 12.6. The molecular formula is C15H13N6NaO4S3. The second-order valence-electron chi connectivity index (χ2n) is 6.05. The van der Waals surface area contributed by atoms with Crippen LogP contribution in [0.5, 0.6) is 0 Å². The van der Waals surface area contributed by atoms with Gasteiger partial charge in [-0.3, -0.25) is 14.5 Å². The summed E-state index contributed by atoms with van der Waals surface area (Å²) in [6.07, 6.45) is -0.00659. The van der Waals surface area contributed by atoms with Gasteiger partial charge < -0.3 is 21.0 Å². The average Bonchev–Trinajstić information content (AvgIpc) is 3.26. The number of carbonyl (C=O) groups excluding carboxylic acids is 3.